The van der Waals surface area contributed by atoms with Gasteiger partial charge in [-0.1, -0.05) is 6.07 Å². The highest BCUT2D eigenvalue weighted by Crippen LogP contribution is 2.31. The van der Waals surface area contributed by atoms with Crippen LogP contribution in [0, 0.1) is 10.1 Å². The number of aliphatic hydroxyl groups excluding tert-OH is 1. The standard InChI is InChI=1S/C18H20N2O9S/c1-27-14-9-4-11(10-15(14)28-2)17(21)16(18(22)29-3)19-30(25,26)13-7-5-12(6-8-13)20(23)24/h4-10,16-17,19,21H,1-3H3. The van der Waals surface area contributed by atoms with Crippen LogP contribution >= 0.6 is 0 Å². The molecule has 0 fully saturated rings. The Bertz CT molecular complexity index is 1020. The van der Waals surface area contributed by atoms with E-state index in [9.17, 15) is 28.4 Å². The minimum atomic E-state index is -4.33. The molecule has 0 aliphatic rings. The van der Waals surface area contributed by atoms with Crippen molar-refractivity contribution in [1.29, 1.82) is 0 Å². The molecule has 0 radical (unpaired) electrons. The lowest BCUT2D eigenvalue weighted by molar-refractivity contribution is -0.384. The van der Waals surface area contributed by atoms with Crippen LogP contribution in [0.4, 0.5) is 5.69 Å². The Labute approximate surface area is 172 Å². The van der Waals surface area contributed by atoms with Gasteiger partial charge in [0.25, 0.3) is 5.69 Å². The molecule has 162 valence electrons. The fraction of sp³-hybridized carbons (Fsp3) is 0.278. The number of carbonyl (C=O) groups is 1. The number of methoxy groups -OCH3 is 3. The Kier molecular flexibility index (Phi) is 7.32. The highest BCUT2D eigenvalue weighted by molar-refractivity contribution is 7.89. The Morgan fingerprint density at radius 1 is 1.07 bits per heavy atom. The zero-order chi connectivity index (χ0) is 22.5. The third kappa shape index (κ3) is 5.03. The molecular weight excluding hydrogens is 420 g/mol. The number of nitro groups is 1. The zero-order valence-corrected chi connectivity index (χ0v) is 17.1. The normalized spacial score (nSPS) is 13.2. The summed E-state index contributed by atoms with van der Waals surface area (Å²) in [6.07, 6.45) is -1.63. The van der Waals surface area contributed by atoms with Crippen molar-refractivity contribution in [3.05, 3.63) is 58.1 Å². The molecule has 0 aromatic heterocycles. The Morgan fingerprint density at radius 3 is 2.17 bits per heavy atom. The third-order valence-electron chi connectivity index (χ3n) is 4.16. The van der Waals surface area contributed by atoms with Gasteiger partial charge in [0.1, 0.15) is 12.1 Å². The minimum absolute atomic E-state index is 0.162. The molecule has 2 atom stereocenters. The predicted molar refractivity (Wildman–Crippen MR) is 104 cm³/mol. The number of hydrogen-bond donors (Lipinski definition) is 2. The van der Waals surface area contributed by atoms with Gasteiger partial charge >= 0.3 is 5.97 Å². The van der Waals surface area contributed by atoms with Crippen LogP contribution in [0.3, 0.4) is 0 Å². The molecule has 0 saturated carbocycles. The fourth-order valence-electron chi connectivity index (χ4n) is 2.58. The van der Waals surface area contributed by atoms with Gasteiger partial charge in [-0.25, -0.2) is 8.42 Å². The second kappa shape index (κ2) is 9.52. The Morgan fingerprint density at radius 2 is 1.67 bits per heavy atom. The maximum atomic E-state index is 12.7. The molecule has 12 heteroatoms. The molecule has 0 heterocycles. The number of esters is 1. The lowest BCUT2D eigenvalue weighted by Gasteiger charge is -2.23. The summed E-state index contributed by atoms with van der Waals surface area (Å²) in [6.45, 7) is 0. The second-order valence-electron chi connectivity index (χ2n) is 5.93. The molecule has 0 bridgehead atoms. The van der Waals surface area contributed by atoms with E-state index in [0.29, 0.717) is 5.75 Å². The zero-order valence-electron chi connectivity index (χ0n) is 16.3. The van der Waals surface area contributed by atoms with Crippen molar-refractivity contribution in [3.63, 3.8) is 0 Å². The maximum absolute atomic E-state index is 12.7. The van der Waals surface area contributed by atoms with E-state index in [1.54, 1.807) is 0 Å². The smallest absolute Gasteiger partial charge is 0.326 e. The molecule has 2 N–H and O–H groups in total. The number of rotatable bonds is 9. The van der Waals surface area contributed by atoms with Gasteiger partial charge < -0.3 is 19.3 Å². The number of hydrogen-bond acceptors (Lipinski definition) is 9. The number of aliphatic hydroxyl groups is 1. The first kappa shape index (κ1) is 23.1. The highest BCUT2D eigenvalue weighted by Gasteiger charge is 2.34. The summed E-state index contributed by atoms with van der Waals surface area (Å²) in [7, 11) is -0.491. The molecule has 0 saturated heterocycles. The van der Waals surface area contributed by atoms with Crippen molar-refractivity contribution < 1.29 is 37.5 Å². The number of sulfonamides is 1. The summed E-state index contributed by atoms with van der Waals surface area (Å²) in [5.41, 5.74) is -0.140. The predicted octanol–water partition coefficient (Wildman–Crippen LogP) is 1.17. The summed E-state index contributed by atoms with van der Waals surface area (Å²) in [4.78, 5) is 21.9. The van der Waals surface area contributed by atoms with Crippen molar-refractivity contribution in [2.45, 2.75) is 17.0 Å². The molecule has 2 aromatic carbocycles. The number of nitrogens with one attached hydrogen (secondary N) is 1. The van der Waals surface area contributed by atoms with Crippen LogP contribution in [0.15, 0.2) is 47.4 Å². The Balaban J connectivity index is 2.37. The van der Waals surface area contributed by atoms with E-state index in [1.165, 1.54) is 32.4 Å². The summed E-state index contributed by atoms with van der Waals surface area (Å²) in [6, 6.07) is 6.64. The van der Waals surface area contributed by atoms with E-state index in [1.807, 2.05) is 0 Å². The summed E-state index contributed by atoms with van der Waals surface area (Å²) in [5, 5.41) is 21.4. The van der Waals surface area contributed by atoms with Crippen LogP contribution in [-0.2, 0) is 19.6 Å². The average Bonchev–Trinajstić information content (AvgIpc) is 2.75. The van der Waals surface area contributed by atoms with Gasteiger partial charge in [0, 0.05) is 12.1 Å². The van der Waals surface area contributed by atoms with Gasteiger partial charge in [0.2, 0.25) is 10.0 Å². The largest absolute Gasteiger partial charge is 0.493 e. The molecular formula is C18H20N2O9S. The fourth-order valence-corrected chi connectivity index (χ4v) is 3.77. The lowest BCUT2D eigenvalue weighted by atomic mass is 10.0. The molecule has 0 spiro atoms. The van der Waals surface area contributed by atoms with Crippen molar-refractivity contribution in [1.82, 2.24) is 4.72 Å². The quantitative estimate of drug-likeness (QED) is 0.332. The molecule has 2 rings (SSSR count). The first-order valence-electron chi connectivity index (χ1n) is 8.39. The Hall–Kier alpha value is -3.22. The molecule has 0 aliphatic carbocycles. The van der Waals surface area contributed by atoms with Crippen molar-refractivity contribution in [3.8, 4) is 11.5 Å². The number of ether oxygens (including phenoxy) is 3. The third-order valence-corrected chi connectivity index (χ3v) is 5.62. The van der Waals surface area contributed by atoms with Gasteiger partial charge in [-0.3, -0.25) is 14.9 Å². The van der Waals surface area contributed by atoms with Crippen LogP contribution in [0.2, 0.25) is 0 Å². The van der Waals surface area contributed by atoms with E-state index in [-0.39, 0.29) is 21.9 Å². The van der Waals surface area contributed by atoms with Crippen LogP contribution in [0.25, 0.3) is 0 Å². The maximum Gasteiger partial charge on any atom is 0.326 e. The molecule has 2 unspecified atom stereocenters. The van der Waals surface area contributed by atoms with Gasteiger partial charge in [0.15, 0.2) is 11.5 Å². The van der Waals surface area contributed by atoms with E-state index in [0.717, 1.165) is 31.4 Å². The van der Waals surface area contributed by atoms with Crippen LogP contribution in [0.5, 0.6) is 11.5 Å². The first-order valence-corrected chi connectivity index (χ1v) is 9.87. The summed E-state index contributed by atoms with van der Waals surface area (Å²) in [5.74, 6) is -0.409. The SMILES string of the molecule is COC(=O)C(NS(=O)(=O)c1ccc([N+](=O)[O-])cc1)C(O)c1ccc(OC)c(OC)c1. The van der Waals surface area contributed by atoms with Crippen molar-refractivity contribution in [2.24, 2.45) is 0 Å². The number of nitro benzene ring substituents is 1. The summed E-state index contributed by atoms with van der Waals surface area (Å²) >= 11 is 0. The lowest BCUT2D eigenvalue weighted by Crippen LogP contribution is -2.45. The molecule has 30 heavy (non-hydrogen) atoms. The number of carbonyl (C=O) groups excluding carboxylic acids is 1. The van der Waals surface area contributed by atoms with Crippen molar-refractivity contribution >= 4 is 21.7 Å². The van der Waals surface area contributed by atoms with Gasteiger partial charge in [-0.15, -0.1) is 0 Å². The van der Waals surface area contributed by atoms with E-state index < -0.39 is 33.1 Å². The van der Waals surface area contributed by atoms with E-state index >= 15 is 0 Å². The van der Waals surface area contributed by atoms with Gasteiger partial charge in [0.05, 0.1) is 31.1 Å². The first-order chi connectivity index (χ1) is 14.1. The molecule has 11 nitrogen and oxygen atoms in total. The van der Waals surface area contributed by atoms with Crippen LogP contribution in [0.1, 0.15) is 11.7 Å². The molecule has 0 aliphatic heterocycles. The van der Waals surface area contributed by atoms with Crippen molar-refractivity contribution in [2.75, 3.05) is 21.3 Å². The second-order valence-corrected chi connectivity index (χ2v) is 7.65. The highest BCUT2D eigenvalue weighted by atomic mass is 32.2. The number of benzene rings is 2. The van der Waals surface area contributed by atoms with Crippen LogP contribution < -0.4 is 14.2 Å². The topological polar surface area (TPSA) is 154 Å². The molecule has 0 amide bonds. The van der Waals surface area contributed by atoms with Gasteiger partial charge in [-0.2, -0.15) is 4.72 Å². The van der Waals surface area contributed by atoms with E-state index in [2.05, 4.69) is 9.46 Å². The monoisotopic (exact) mass is 440 g/mol. The number of non-ortho nitro benzene ring substituents is 1. The number of nitrogens with zero attached hydrogens (tertiary/aromatic N) is 1. The van der Waals surface area contributed by atoms with Crippen LogP contribution in [-0.4, -0.2) is 51.8 Å². The van der Waals surface area contributed by atoms with E-state index in [4.69, 9.17) is 9.47 Å². The minimum Gasteiger partial charge on any atom is -0.493 e. The summed E-state index contributed by atoms with van der Waals surface area (Å²) < 4.78 is 42.3. The average molecular weight is 440 g/mol. The molecule has 2 aromatic rings. The van der Waals surface area contributed by atoms with Gasteiger partial charge in [-0.05, 0) is 29.8 Å².